The van der Waals surface area contributed by atoms with E-state index in [2.05, 4.69) is 0 Å². The molecule has 1 heterocycles. The first-order valence-electron chi connectivity index (χ1n) is 9.06. The number of rotatable bonds is 7. The summed E-state index contributed by atoms with van der Waals surface area (Å²) in [5, 5.41) is 9.18. The minimum atomic E-state index is -1.02. The van der Waals surface area contributed by atoms with Crippen LogP contribution in [0, 0.1) is 0 Å². The van der Waals surface area contributed by atoms with Crippen LogP contribution in [0.1, 0.15) is 22.3 Å². The third-order valence-electron chi connectivity index (χ3n) is 5.12. The van der Waals surface area contributed by atoms with Crippen LogP contribution in [0.15, 0.2) is 42.5 Å². The molecule has 0 bridgehead atoms. The summed E-state index contributed by atoms with van der Waals surface area (Å²) in [6, 6.07) is 11.9. The Balaban J connectivity index is 2.17. The summed E-state index contributed by atoms with van der Waals surface area (Å²) in [7, 11) is 4.49. The number of methoxy groups -OCH3 is 2. The molecule has 0 saturated carbocycles. The van der Waals surface area contributed by atoms with E-state index in [9.17, 15) is 19.5 Å². The average molecular weight is 399 g/mol. The highest BCUT2D eigenvalue weighted by Crippen LogP contribution is 2.44. The van der Waals surface area contributed by atoms with Gasteiger partial charge in [-0.3, -0.25) is 9.59 Å². The van der Waals surface area contributed by atoms with Gasteiger partial charge in [-0.25, -0.2) is 14.2 Å². The lowest BCUT2D eigenvalue weighted by atomic mass is 10.0. The van der Waals surface area contributed by atoms with Gasteiger partial charge < -0.3 is 14.6 Å². The Labute approximate surface area is 168 Å². The zero-order valence-corrected chi connectivity index (χ0v) is 16.5. The van der Waals surface area contributed by atoms with E-state index in [0.29, 0.717) is 11.4 Å². The third-order valence-corrected chi connectivity index (χ3v) is 5.12. The van der Waals surface area contributed by atoms with Crippen LogP contribution in [0.25, 0.3) is 0 Å². The van der Waals surface area contributed by atoms with Crippen molar-refractivity contribution in [3.05, 3.63) is 53.6 Å². The van der Waals surface area contributed by atoms with E-state index in [1.807, 2.05) is 30.3 Å². The number of carbonyl (C=O) groups excluding carboxylic acids is 2. The first kappa shape index (κ1) is 20.3. The molecule has 0 fully saturated rings. The number of quaternary nitrogens is 1. The van der Waals surface area contributed by atoms with Crippen LogP contribution in [0.3, 0.4) is 0 Å². The Morgan fingerprint density at radius 3 is 2.34 bits per heavy atom. The van der Waals surface area contributed by atoms with Crippen molar-refractivity contribution in [3.8, 4) is 11.5 Å². The zero-order chi connectivity index (χ0) is 21.2. The van der Waals surface area contributed by atoms with Crippen molar-refractivity contribution >= 4 is 23.6 Å². The van der Waals surface area contributed by atoms with E-state index in [4.69, 9.17) is 9.47 Å². The van der Waals surface area contributed by atoms with Gasteiger partial charge in [-0.15, -0.1) is 0 Å². The minimum Gasteiger partial charge on any atom is -0.493 e. The van der Waals surface area contributed by atoms with Crippen LogP contribution < -0.4 is 14.0 Å². The lowest BCUT2D eigenvalue weighted by molar-refractivity contribution is -0.137. The number of nitrogens with zero attached hydrogens (tertiary/aromatic N) is 2. The minimum absolute atomic E-state index is 0.00474. The summed E-state index contributed by atoms with van der Waals surface area (Å²) in [6.45, 7) is 0.0639. The Hall–Kier alpha value is -3.39. The number of hydrogen-bond donors (Lipinski definition) is 1. The van der Waals surface area contributed by atoms with E-state index in [-0.39, 0.29) is 35.3 Å². The number of imide groups is 1. The molecule has 1 aliphatic heterocycles. The summed E-state index contributed by atoms with van der Waals surface area (Å²) >= 11 is 0. The van der Waals surface area contributed by atoms with E-state index in [1.54, 1.807) is 19.2 Å². The summed E-state index contributed by atoms with van der Waals surface area (Å²) in [4.78, 5) is 39.1. The summed E-state index contributed by atoms with van der Waals surface area (Å²) in [5.41, 5.74) is 1.38. The maximum atomic E-state index is 13.4. The molecule has 8 nitrogen and oxygen atoms in total. The first-order valence-corrected chi connectivity index (χ1v) is 9.06. The van der Waals surface area contributed by atoms with Crippen molar-refractivity contribution in [1.82, 2.24) is 9.38 Å². The predicted molar refractivity (Wildman–Crippen MR) is 106 cm³/mol. The Kier molecular flexibility index (Phi) is 5.56. The molecule has 3 rings (SSSR count). The summed E-state index contributed by atoms with van der Waals surface area (Å²) in [6.07, 6.45) is -0.233. The summed E-state index contributed by atoms with van der Waals surface area (Å²) < 4.78 is 10.4. The number of carbonyl (C=O) groups is 3. The van der Waals surface area contributed by atoms with Crippen molar-refractivity contribution in [3.63, 3.8) is 0 Å². The van der Waals surface area contributed by atoms with Gasteiger partial charge in [-0.2, -0.15) is 0 Å². The standard InChI is InChI=1S/C21H22N2O6/c1-23(12-11-17(24)25)15-9-10-16(28-2)19(29-3)18(15)20(26)22(21(23)27)13-14-7-5-4-6-8-14/h4-10H,11-13H2,1-3H3/p+1. The largest absolute Gasteiger partial charge is 0.493 e. The fourth-order valence-corrected chi connectivity index (χ4v) is 3.57. The highest BCUT2D eigenvalue weighted by molar-refractivity contribution is 6.16. The number of urea groups is 1. The molecule has 2 aromatic rings. The maximum absolute atomic E-state index is 13.4. The number of amides is 3. The van der Waals surface area contributed by atoms with Gasteiger partial charge in [0.05, 0.1) is 34.2 Å². The molecule has 3 amide bonds. The number of carboxylic acid groups (broad SMARTS) is 1. The number of ether oxygens (including phenoxy) is 2. The molecule has 0 spiro atoms. The molecular weight excluding hydrogens is 376 g/mol. The van der Waals surface area contributed by atoms with Crippen LogP contribution in [0.4, 0.5) is 10.5 Å². The normalized spacial score (nSPS) is 18.4. The second-order valence-electron chi connectivity index (χ2n) is 6.91. The number of aliphatic carboxylic acids is 1. The van der Waals surface area contributed by atoms with E-state index in [1.165, 1.54) is 14.2 Å². The van der Waals surface area contributed by atoms with Crippen LogP contribution in [-0.2, 0) is 11.3 Å². The Morgan fingerprint density at radius 1 is 1.07 bits per heavy atom. The molecule has 29 heavy (non-hydrogen) atoms. The molecule has 0 radical (unpaired) electrons. The molecule has 2 aromatic carbocycles. The molecular formula is C21H23N2O6+. The molecule has 0 saturated heterocycles. The van der Waals surface area contributed by atoms with Crippen molar-refractivity contribution in [2.24, 2.45) is 0 Å². The lowest BCUT2D eigenvalue weighted by Crippen LogP contribution is -2.62. The molecule has 0 aliphatic carbocycles. The Morgan fingerprint density at radius 2 is 1.76 bits per heavy atom. The number of benzene rings is 2. The molecule has 1 atom stereocenters. The van der Waals surface area contributed by atoms with Crippen LogP contribution >= 0.6 is 0 Å². The maximum Gasteiger partial charge on any atom is 0.431 e. The predicted octanol–water partition coefficient (Wildman–Crippen LogP) is 2.89. The smallest absolute Gasteiger partial charge is 0.431 e. The van der Waals surface area contributed by atoms with E-state index >= 15 is 0 Å². The zero-order valence-electron chi connectivity index (χ0n) is 16.5. The second kappa shape index (κ2) is 7.92. The van der Waals surface area contributed by atoms with Crippen molar-refractivity contribution < 1.29 is 29.0 Å². The fourth-order valence-electron chi connectivity index (χ4n) is 3.57. The molecule has 0 aromatic heterocycles. The fraction of sp³-hybridized carbons (Fsp3) is 0.286. The van der Waals surface area contributed by atoms with Crippen LogP contribution in [0.5, 0.6) is 11.5 Å². The van der Waals surface area contributed by atoms with E-state index in [0.717, 1.165) is 10.5 Å². The van der Waals surface area contributed by atoms with Crippen LogP contribution in [0.2, 0.25) is 0 Å². The second-order valence-corrected chi connectivity index (χ2v) is 6.91. The molecule has 1 aliphatic rings. The molecule has 1 N–H and O–H groups in total. The van der Waals surface area contributed by atoms with Gasteiger partial charge in [0, 0.05) is 6.07 Å². The van der Waals surface area contributed by atoms with Gasteiger partial charge in [0.25, 0.3) is 5.91 Å². The lowest BCUT2D eigenvalue weighted by Gasteiger charge is -2.40. The SMILES string of the molecule is COc1ccc2c(c1OC)C(=O)N(Cc1ccccc1)C(=O)[N+]2(C)CCC(=O)O. The van der Waals surface area contributed by atoms with Gasteiger partial charge in [0.1, 0.15) is 12.1 Å². The van der Waals surface area contributed by atoms with Gasteiger partial charge in [0.15, 0.2) is 17.2 Å². The monoisotopic (exact) mass is 399 g/mol. The van der Waals surface area contributed by atoms with Gasteiger partial charge in [-0.05, 0) is 11.6 Å². The molecule has 8 heteroatoms. The van der Waals surface area contributed by atoms with Crippen molar-refractivity contribution in [2.75, 3.05) is 27.8 Å². The number of hydrogen-bond acceptors (Lipinski definition) is 5. The summed E-state index contributed by atoms with van der Waals surface area (Å²) in [5.74, 6) is -0.945. The molecule has 1 unspecified atom stereocenters. The topological polar surface area (TPSA) is 93.1 Å². The average Bonchev–Trinajstić information content (AvgIpc) is 2.73. The number of carboxylic acids is 1. The van der Waals surface area contributed by atoms with Crippen molar-refractivity contribution in [2.45, 2.75) is 13.0 Å². The Bertz CT molecular complexity index is 959. The highest BCUT2D eigenvalue weighted by Gasteiger charge is 2.51. The van der Waals surface area contributed by atoms with Gasteiger partial charge >= 0.3 is 12.0 Å². The van der Waals surface area contributed by atoms with Crippen LogP contribution in [-0.4, -0.2) is 55.7 Å². The van der Waals surface area contributed by atoms with Gasteiger partial charge in [0.2, 0.25) is 0 Å². The number of fused-ring (bicyclic) bond motifs is 1. The quantitative estimate of drug-likeness (QED) is 0.720. The van der Waals surface area contributed by atoms with Gasteiger partial charge in [-0.1, -0.05) is 30.3 Å². The molecule has 152 valence electrons. The van der Waals surface area contributed by atoms with Crippen molar-refractivity contribution in [1.29, 1.82) is 0 Å². The highest BCUT2D eigenvalue weighted by atomic mass is 16.5. The first-order chi connectivity index (χ1) is 13.8. The van der Waals surface area contributed by atoms with E-state index < -0.39 is 17.9 Å². The third kappa shape index (κ3) is 3.54.